The van der Waals surface area contributed by atoms with Gasteiger partial charge in [-0.25, -0.2) is 0 Å². The molecule has 0 aliphatic rings. The van der Waals surface area contributed by atoms with E-state index in [1.165, 1.54) is 18.9 Å². The number of hydrogen-bond donors (Lipinski definition) is 0. The zero-order valence-electron chi connectivity index (χ0n) is 12.0. The first-order valence-corrected chi connectivity index (χ1v) is 7.44. The summed E-state index contributed by atoms with van der Waals surface area (Å²) in [4.78, 5) is 15.5. The number of pyridine rings is 1. The van der Waals surface area contributed by atoms with Crippen molar-refractivity contribution in [3.63, 3.8) is 0 Å². The fourth-order valence-electron chi connectivity index (χ4n) is 1.91. The van der Waals surface area contributed by atoms with Gasteiger partial charge in [-0.1, -0.05) is 11.8 Å². The maximum Gasteiger partial charge on any atom is 0.318 e. The molecule has 0 aliphatic carbocycles. The number of methoxy groups -OCH3 is 1. The number of ether oxygens (including phenoxy) is 1. The van der Waals surface area contributed by atoms with E-state index < -0.39 is 0 Å². The zero-order chi connectivity index (χ0) is 15.5. The lowest BCUT2D eigenvalue weighted by atomic mass is 10.2. The van der Waals surface area contributed by atoms with E-state index in [2.05, 4.69) is 20.3 Å². The predicted molar refractivity (Wildman–Crippen MR) is 81.3 cm³/mol. The van der Waals surface area contributed by atoms with Crippen molar-refractivity contribution in [1.82, 2.24) is 24.8 Å². The third kappa shape index (κ3) is 2.77. The molecule has 3 aromatic heterocycles. The molecule has 0 aliphatic heterocycles. The molecule has 0 bridgehead atoms. The molecule has 0 aromatic carbocycles. The Bertz CT molecular complexity index is 805. The molecule has 0 saturated carbocycles. The highest BCUT2D eigenvalue weighted by molar-refractivity contribution is 8.00. The van der Waals surface area contributed by atoms with Crippen LogP contribution in [-0.4, -0.2) is 43.1 Å². The highest BCUT2D eigenvalue weighted by Crippen LogP contribution is 2.23. The molecule has 3 rings (SSSR count). The Balaban J connectivity index is 1.97. The molecule has 0 spiro atoms. The summed E-state index contributed by atoms with van der Waals surface area (Å²) in [5, 5.41) is 13.1. The first-order valence-electron chi connectivity index (χ1n) is 6.56. The van der Waals surface area contributed by atoms with E-state index in [0.29, 0.717) is 16.5 Å². The van der Waals surface area contributed by atoms with Gasteiger partial charge in [0.15, 0.2) is 11.5 Å². The van der Waals surface area contributed by atoms with E-state index in [0.717, 1.165) is 5.56 Å². The van der Waals surface area contributed by atoms with Gasteiger partial charge in [-0.15, -0.1) is 10.2 Å². The van der Waals surface area contributed by atoms with Gasteiger partial charge in [-0.05, 0) is 31.2 Å². The summed E-state index contributed by atoms with van der Waals surface area (Å²) in [5.41, 5.74) is 1.51. The van der Waals surface area contributed by atoms with E-state index in [1.807, 2.05) is 24.3 Å². The molecule has 0 unspecified atom stereocenters. The molecular formula is C14H13N5O2S. The smallest absolute Gasteiger partial charge is 0.318 e. The van der Waals surface area contributed by atoms with Crippen molar-refractivity contribution >= 4 is 23.4 Å². The van der Waals surface area contributed by atoms with Crippen molar-refractivity contribution in [2.24, 2.45) is 0 Å². The van der Waals surface area contributed by atoms with Gasteiger partial charge in [0.2, 0.25) is 0 Å². The lowest BCUT2D eigenvalue weighted by Crippen LogP contribution is -2.15. The van der Waals surface area contributed by atoms with Gasteiger partial charge in [0.25, 0.3) is 0 Å². The number of carbonyl (C=O) groups is 1. The Hall–Kier alpha value is -2.48. The molecule has 0 N–H and O–H groups in total. The van der Waals surface area contributed by atoms with E-state index in [9.17, 15) is 4.79 Å². The van der Waals surface area contributed by atoms with Crippen LogP contribution in [0.15, 0.2) is 41.7 Å². The van der Waals surface area contributed by atoms with Crippen LogP contribution in [0.5, 0.6) is 0 Å². The van der Waals surface area contributed by atoms with E-state index in [4.69, 9.17) is 4.74 Å². The summed E-state index contributed by atoms with van der Waals surface area (Å²) < 4.78 is 6.38. The van der Waals surface area contributed by atoms with Crippen LogP contribution >= 0.6 is 11.8 Å². The Morgan fingerprint density at radius 2 is 2.00 bits per heavy atom. The molecular weight excluding hydrogens is 302 g/mol. The summed E-state index contributed by atoms with van der Waals surface area (Å²) in [6.07, 6.45) is 3.38. The second-order valence-electron chi connectivity index (χ2n) is 4.48. The quantitative estimate of drug-likeness (QED) is 0.536. The highest BCUT2D eigenvalue weighted by atomic mass is 32.2. The fraction of sp³-hybridized carbons (Fsp3) is 0.214. The summed E-state index contributed by atoms with van der Waals surface area (Å²) in [6, 6.07) is 7.31. The van der Waals surface area contributed by atoms with Crippen LogP contribution in [0.1, 0.15) is 6.92 Å². The number of fused-ring (bicyclic) bond motifs is 1. The number of esters is 1. The number of nitrogens with zero attached hydrogens (tertiary/aromatic N) is 5. The van der Waals surface area contributed by atoms with Gasteiger partial charge in [0.1, 0.15) is 10.3 Å². The first-order chi connectivity index (χ1) is 10.7. The minimum absolute atomic E-state index is 0.287. The van der Waals surface area contributed by atoms with Gasteiger partial charge in [0.05, 0.1) is 7.11 Å². The SMILES string of the molecule is COC(=O)[C@H](C)Sc1ccc2nnc(-c3ccncc3)n2n1. The first kappa shape index (κ1) is 14.5. The molecule has 8 heteroatoms. The molecule has 1 atom stereocenters. The lowest BCUT2D eigenvalue weighted by molar-refractivity contribution is -0.139. The highest BCUT2D eigenvalue weighted by Gasteiger charge is 2.17. The van der Waals surface area contributed by atoms with Crippen molar-refractivity contribution in [3.05, 3.63) is 36.7 Å². The van der Waals surface area contributed by atoms with Crippen molar-refractivity contribution in [2.75, 3.05) is 7.11 Å². The summed E-state index contributed by atoms with van der Waals surface area (Å²) in [5.74, 6) is 0.343. The minimum atomic E-state index is -0.337. The van der Waals surface area contributed by atoms with E-state index in [1.54, 1.807) is 23.8 Å². The molecule has 3 aromatic rings. The number of rotatable bonds is 4. The summed E-state index contributed by atoms with van der Waals surface area (Å²) >= 11 is 1.32. The average molecular weight is 315 g/mol. The van der Waals surface area contributed by atoms with Crippen LogP contribution < -0.4 is 0 Å². The van der Waals surface area contributed by atoms with Crippen LogP contribution in [0.4, 0.5) is 0 Å². The van der Waals surface area contributed by atoms with E-state index >= 15 is 0 Å². The van der Waals surface area contributed by atoms with Crippen LogP contribution in [0.2, 0.25) is 0 Å². The zero-order valence-corrected chi connectivity index (χ0v) is 12.8. The second kappa shape index (κ2) is 6.10. The number of hydrogen-bond acceptors (Lipinski definition) is 7. The third-order valence-electron chi connectivity index (χ3n) is 3.01. The van der Waals surface area contributed by atoms with E-state index in [-0.39, 0.29) is 11.2 Å². The number of thioether (sulfide) groups is 1. The van der Waals surface area contributed by atoms with Gasteiger partial charge in [0, 0.05) is 18.0 Å². The van der Waals surface area contributed by atoms with Gasteiger partial charge >= 0.3 is 5.97 Å². The van der Waals surface area contributed by atoms with Crippen LogP contribution in [0.3, 0.4) is 0 Å². The molecule has 7 nitrogen and oxygen atoms in total. The molecule has 22 heavy (non-hydrogen) atoms. The molecule has 0 amide bonds. The topological polar surface area (TPSA) is 82.3 Å². The maximum atomic E-state index is 11.5. The van der Waals surface area contributed by atoms with Crippen LogP contribution in [0, 0.1) is 0 Å². The van der Waals surface area contributed by atoms with Crippen molar-refractivity contribution in [2.45, 2.75) is 17.2 Å². The molecule has 112 valence electrons. The van der Waals surface area contributed by atoms with Crippen molar-refractivity contribution < 1.29 is 9.53 Å². The molecule has 0 fully saturated rings. The average Bonchev–Trinajstić information content (AvgIpc) is 2.98. The van der Waals surface area contributed by atoms with Crippen LogP contribution in [-0.2, 0) is 9.53 Å². The van der Waals surface area contributed by atoms with Gasteiger partial charge in [-0.2, -0.15) is 9.61 Å². The Morgan fingerprint density at radius 1 is 1.23 bits per heavy atom. The van der Waals surface area contributed by atoms with Crippen molar-refractivity contribution in [3.8, 4) is 11.4 Å². The Labute approximate surface area is 130 Å². The maximum absolute atomic E-state index is 11.5. The summed E-state index contributed by atoms with van der Waals surface area (Å²) in [6.45, 7) is 1.78. The molecule has 0 saturated heterocycles. The standard InChI is InChI=1S/C14H13N5O2S/c1-9(14(20)21-2)22-12-4-3-11-16-17-13(19(11)18-12)10-5-7-15-8-6-10/h3-9H,1-2H3/t9-/m0/s1. The number of aromatic nitrogens is 5. The third-order valence-corrected chi connectivity index (χ3v) is 4.01. The van der Waals surface area contributed by atoms with Crippen molar-refractivity contribution in [1.29, 1.82) is 0 Å². The molecule has 3 heterocycles. The fourth-order valence-corrected chi connectivity index (χ4v) is 2.74. The Kier molecular flexibility index (Phi) is 4.01. The lowest BCUT2D eigenvalue weighted by Gasteiger charge is -2.08. The largest absolute Gasteiger partial charge is 0.468 e. The van der Waals surface area contributed by atoms with Crippen LogP contribution in [0.25, 0.3) is 17.0 Å². The number of carbonyl (C=O) groups excluding carboxylic acids is 1. The molecule has 0 radical (unpaired) electrons. The predicted octanol–water partition coefficient (Wildman–Crippen LogP) is 1.84. The van der Waals surface area contributed by atoms with Gasteiger partial charge in [-0.3, -0.25) is 9.78 Å². The minimum Gasteiger partial charge on any atom is -0.468 e. The van der Waals surface area contributed by atoms with Gasteiger partial charge < -0.3 is 4.74 Å². The Morgan fingerprint density at radius 3 is 2.73 bits per heavy atom. The monoisotopic (exact) mass is 315 g/mol. The normalized spacial score (nSPS) is 12.3. The summed E-state index contributed by atoms with van der Waals surface area (Å²) in [7, 11) is 1.37. The second-order valence-corrected chi connectivity index (χ2v) is 5.85.